The van der Waals surface area contributed by atoms with E-state index < -0.39 is 17.8 Å². The minimum absolute atomic E-state index is 0.0390. The van der Waals surface area contributed by atoms with Crippen LogP contribution in [0.15, 0.2) is 0 Å². The van der Waals surface area contributed by atoms with Crippen LogP contribution in [0.1, 0.15) is 27.2 Å². The van der Waals surface area contributed by atoms with Gasteiger partial charge in [0.05, 0.1) is 12.7 Å². The number of nitrogens with zero attached hydrogens (tertiary/aromatic N) is 1. The van der Waals surface area contributed by atoms with Crippen molar-refractivity contribution in [2.45, 2.75) is 38.9 Å². The zero-order chi connectivity index (χ0) is 15.2. The van der Waals surface area contributed by atoms with Crippen LogP contribution in [-0.2, 0) is 14.3 Å². The molecular formula is C13H24N2O5. The zero-order valence-electron chi connectivity index (χ0n) is 12.3. The highest BCUT2D eigenvalue weighted by Crippen LogP contribution is 2.08. The highest BCUT2D eigenvalue weighted by molar-refractivity contribution is 5.77. The van der Waals surface area contributed by atoms with Gasteiger partial charge >= 0.3 is 6.09 Å². The first-order valence-electron chi connectivity index (χ1n) is 6.78. The Hall–Kier alpha value is -1.34. The molecule has 0 aromatic carbocycles. The van der Waals surface area contributed by atoms with Crippen molar-refractivity contribution in [3.63, 3.8) is 0 Å². The van der Waals surface area contributed by atoms with E-state index in [0.717, 1.165) is 0 Å². The Bertz CT molecular complexity index is 340. The van der Waals surface area contributed by atoms with Crippen molar-refractivity contribution in [1.29, 1.82) is 0 Å². The van der Waals surface area contributed by atoms with Crippen LogP contribution in [0.2, 0.25) is 0 Å². The Balaban J connectivity index is 2.05. The molecule has 2 amide bonds. The molecule has 1 fully saturated rings. The van der Waals surface area contributed by atoms with Crippen LogP contribution in [0.3, 0.4) is 0 Å². The molecule has 2 N–H and O–H groups in total. The Morgan fingerprint density at radius 2 is 2.10 bits per heavy atom. The van der Waals surface area contributed by atoms with Crippen molar-refractivity contribution in [1.82, 2.24) is 10.2 Å². The first kappa shape index (κ1) is 16.7. The normalized spacial score (nSPS) is 19.0. The van der Waals surface area contributed by atoms with Gasteiger partial charge in [-0.3, -0.25) is 4.79 Å². The maximum atomic E-state index is 11.7. The highest BCUT2D eigenvalue weighted by atomic mass is 16.6. The van der Waals surface area contributed by atoms with E-state index in [2.05, 4.69) is 5.32 Å². The van der Waals surface area contributed by atoms with Gasteiger partial charge in [-0.25, -0.2) is 4.79 Å². The average Bonchev–Trinajstić information content (AvgIpc) is 2.73. The molecule has 7 nitrogen and oxygen atoms in total. The molecule has 0 aromatic rings. The molecule has 0 radical (unpaired) electrons. The highest BCUT2D eigenvalue weighted by Gasteiger charge is 2.24. The Morgan fingerprint density at radius 3 is 2.65 bits per heavy atom. The third-order valence-corrected chi connectivity index (χ3v) is 2.66. The molecule has 0 bridgehead atoms. The molecule has 1 atom stereocenters. The van der Waals surface area contributed by atoms with Crippen molar-refractivity contribution in [3.8, 4) is 0 Å². The number of hydrogen-bond donors (Lipinski definition) is 2. The maximum Gasteiger partial charge on any atom is 0.407 e. The number of rotatable bonds is 5. The van der Waals surface area contributed by atoms with Crippen molar-refractivity contribution >= 4 is 12.0 Å². The van der Waals surface area contributed by atoms with Gasteiger partial charge in [0, 0.05) is 19.6 Å². The molecule has 0 aromatic heterocycles. The number of carbonyl (C=O) groups excluding carboxylic acids is 2. The van der Waals surface area contributed by atoms with Gasteiger partial charge in [0.1, 0.15) is 12.2 Å². The molecule has 20 heavy (non-hydrogen) atoms. The van der Waals surface area contributed by atoms with Crippen LogP contribution in [0.4, 0.5) is 4.79 Å². The minimum Gasteiger partial charge on any atom is -0.444 e. The second-order valence-electron chi connectivity index (χ2n) is 5.76. The third kappa shape index (κ3) is 6.72. The second-order valence-corrected chi connectivity index (χ2v) is 5.76. The standard InChI is InChI=1S/C13H24N2O5/c1-13(2,3)20-12(18)14-5-7-19-9-11(17)15-6-4-10(16)8-15/h10,16H,4-9H2,1-3H3,(H,14,18). The van der Waals surface area contributed by atoms with Gasteiger partial charge in [-0.1, -0.05) is 0 Å². The number of ether oxygens (including phenoxy) is 2. The smallest absolute Gasteiger partial charge is 0.407 e. The summed E-state index contributed by atoms with van der Waals surface area (Å²) < 4.78 is 10.2. The van der Waals surface area contributed by atoms with E-state index in [0.29, 0.717) is 19.5 Å². The zero-order valence-corrected chi connectivity index (χ0v) is 12.3. The van der Waals surface area contributed by atoms with Gasteiger partial charge in [0.25, 0.3) is 0 Å². The van der Waals surface area contributed by atoms with Crippen LogP contribution in [-0.4, -0.2) is 66.6 Å². The van der Waals surface area contributed by atoms with Crippen molar-refractivity contribution in [3.05, 3.63) is 0 Å². The third-order valence-electron chi connectivity index (χ3n) is 2.66. The summed E-state index contributed by atoms with van der Waals surface area (Å²) in [5.74, 6) is -0.140. The van der Waals surface area contributed by atoms with Gasteiger partial charge < -0.3 is 24.8 Å². The van der Waals surface area contributed by atoms with Crippen molar-refractivity contribution in [2.75, 3.05) is 32.8 Å². The number of carbonyl (C=O) groups is 2. The van der Waals surface area contributed by atoms with E-state index in [9.17, 15) is 14.7 Å². The van der Waals surface area contributed by atoms with Crippen molar-refractivity contribution in [2.24, 2.45) is 0 Å². The molecule has 0 spiro atoms. The molecule has 1 saturated heterocycles. The van der Waals surface area contributed by atoms with E-state index in [1.54, 1.807) is 25.7 Å². The van der Waals surface area contributed by atoms with Crippen molar-refractivity contribution < 1.29 is 24.2 Å². The molecule has 1 unspecified atom stereocenters. The van der Waals surface area contributed by atoms with E-state index in [1.165, 1.54) is 0 Å². The van der Waals surface area contributed by atoms with Gasteiger partial charge in [-0.05, 0) is 27.2 Å². The number of amides is 2. The van der Waals surface area contributed by atoms with Gasteiger partial charge in [0.2, 0.25) is 5.91 Å². The number of hydrogen-bond acceptors (Lipinski definition) is 5. The minimum atomic E-state index is -0.530. The second kappa shape index (κ2) is 7.44. The van der Waals surface area contributed by atoms with E-state index in [1.807, 2.05) is 0 Å². The number of aliphatic hydroxyl groups excluding tert-OH is 1. The Morgan fingerprint density at radius 1 is 1.40 bits per heavy atom. The average molecular weight is 288 g/mol. The van der Waals surface area contributed by atoms with E-state index in [-0.39, 0.29) is 25.7 Å². The van der Waals surface area contributed by atoms with Crippen LogP contribution < -0.4 is 5.32 Å². The fraction of sp³-hybridized carbons (Fsp3) is 0.846. The fourth-order valence-corrected chi connectivity index (χ4v) is 1.76. The lowest BCUT2D eigenvalue weighted by Crippen LogP contribution is -2.36. The Labute approximate surface area is 119 Å². The molecule has 1 aliphatic heterocycles. The van der Waals surface area contributed by atoms with Gasteiger partial charge in [-0.15, -0.1) is 0 Å². The number of β-amino-alcohol motifs (C(OH)–C–C–N with tert-alkyl or cyclic N) is 1. The monoisotopic (exact) mass is 288 g/mol. The Kier molecular flexibility index (Phi) is 6.22. The maximum absolute atomic E-state index is 11.7. The molecular weight excluding hydrogens is 264 g/mol. The largest absolute Gasteiger partial charge is 0.444 e. The number of aliphatic hydroxyl groups is 1. The number of likely N-dealkylation sites (tertiary alicyclic amines) is 1. The topological polar surface area (TPSA) is 88.1 Å². The molecule has 0 saturated carbocycles. The molecule has 0 aliphatic carbocycles. The predicted octanol–water partition coefficient (Wildman–Crippen LogP) is 0.121. The summed E-state index contributed by atoms with van der Waals surface area (Å²) >= 11 is 0. The van der Waals surface area contributed by atoms with E-state index >= 15 is 0 Å². The summed E-state index contributed by atoms with van der Waals surface area (Å²) in [6, 6.07) is 0. The lowest BCUT2D eigenvalue weighted by Gasteiger charge is -2.19. The summed E-state index contributed by atoms with van der Waals surface area (Å²) in [5.41, 5.74) is -0.530. The summed E-state index contributed by atoms with van der Waals surface area (Å²) in [6.45, 7) is 6.78. The van der Waals surface area contributed by atoms with E-state index in [4.69, 9.17) is 9.47 Å². The van der Waals surface area contributed by atoms with Gasteiger partial charge in [0.15, 0.2) is 0 Å². The fourth-order valence-electron chi connectivity index (χ4n) is 1.76. The first-order chi connectivity index (χ1) is 9.28. The molecule has 7 heteroatoms. The predicted molar refractivity (Wildman–Crippen MR) is 72.3 cm³/mol. The summed E-state index contributed by atoms with van der Waals surface area (Å²) in [5, 5.41) is 11.9. The van der Waals surface area contributed by atoms with Crippen LogP contribution in [0.25, 0.3) is 0 Å². The first-order valence-corrected chi connectivity index (χ1v) is 6.78. The summed E-state index contributed by atoms with van der Waals surface area (Å²) in [4.78, 5) is 24.5. The lowest BCUT2D eigenvalue weighted by molar-refractivity contribution is -0.135. The quantitative estimate of drug-likeness (QED) is 0.702. The van der Waals surface area contributed by atoms with Crippen LogP contribution in [0, 0.1) is 0 Å². The van der Waals surface area contributed by atoms with Gasteiger partial charge in [-0.2, -0.15) is 0 Å². The molecule has 1 aliphatic rings. The SMILES string of the molecule is CC(C)(C)OC(=O)NCCOCC(=O)N1CCC(O)C1. The van der Waals surface area contributed by atoms with Crippen LogP contribution in [0.5, 0.6) is 0 Å². The lowest BCUT2D eigenvalue weighted by atomic mass is 10.2. The molecule has 1 rings (SSSR count). The number of alkyl carbamates (subject to hydrolysis) is 1. The summed E-state index contributed by atoms with van der Waals surface area (Å²) in [6.07, 6.45) is -0.311. The number of nitrogens with one attached hydrogen (secondary N) is 1. The van der Waals surface area contributed by atoms with Crippen LogP contribution >= 0.6 is 0 Å². The molecule has 1 heterocycles. The molecule has 116 valence electrons. The summed E-state index contributed by atoms with van der Waals surface area (Å²) in [7, 11) is 0.